The van der Waals surface area contributed by atoms with E-state index in [4.69, 9.17) is 4.74 Å². The first-order chi connectivity index (χ1) is 13.1. The summed E-state index contributed by atoms with van der Waals surface area (Å²) >= 11 is 1.55. The Morgan fingerprint density at radius 3 is 2.74 bits per heavy atom. The third-order valence-electron chi connectivity index (χ3n) is 4.91. The van der Waals surface area contributed by atoms with E-state index in [1.165, 1.54) is 11.3 Å². The van der Waals surface area contributed by atoms with Crippen molar-refractivity contribution in [3.63, 3.8) is 0 Å². The fraction of sp³-hybridized carbons (Fsp3) is 0.421. The molecule has 1 aromatic heterocycles. The Morgan fingerprint density at radius 1 is 1.22 bits per heavy atom. The Balaban J connectivity index is 1.36. The first-order valence-corrected chi connectivity index (χ1v) is 9.94. The second-order valence-electron chi connectivity index (χ2n) is 6.70. The van der Waals surface area contributed by atoms with Crippen molar-refractivity contribution in [3.8, 4) is 5.75 Å². The Morgan fingerprint density at radius 2 is 2.00 bits per heavy atom. The van der Waals surface area contributed by atoms with Crippen LogP contribution in [0.1, 0.15) is 23.4 Å². The average molecular weight is 386 g/mol. The Labute approximate surface area is 161 Å². The van der Waals surface area contributed by atoms with Gasteiger partial charge >= 0.3 is 6.03 Å². The fourth-order valence-corrected chi connectivity index (χ4v) is 4.53. The molecule has 7 nitrogen and oxygen atoms in total. The molecule has 2 aromatic rings. The lowest BCUT2D eigenvalue weighted by Crippen LogP contribution is -2.37. The second kappa shape index (κ2) is 7.56. The quantitative estimate of drug-likeness (QED) is 0.857. The van der Waals surface area contributed by atoms with E-state index in [2.05, 4.69) is 10.3 Å². The van der Waals surface area contributed by atoms with Gasteiger partial charge in [-0.1, -0.05) is 0 Å². The van der Waals surface area contributed by atoms with Crippen molar-refractivity contribution in [2.75, 3.05) is 37.0 Å². The van der Waals surface area contributed by atoms with Gasteiger partial charge in [0.2, 0.25) is 5.91 Å². The number of carbonyl (C=O) groups is 2. The predicted octanol–water partition coefficient (Wildman–Crippen LogP) is 2.91. The number of rotatable bonds is 5. The van der Waals surface area contributed by atoms with Crippen LogP contribution in [0, 0.1) is 0 Å². The summed E-state index contributed by atoms with van der Waals surface area (Å²) in [5.41, 5.74) is 1.92. The molecule has 2 heterocycles. The number of fused-ring (bicyclic) bond motifs is 1. The van der Waals surface area contributed by atoms with Crippen LogP contribution in [0.5, 0.6) is 5.75 Å². The number of thiazole rings is 1. The van der Waals surface area contributed by atoms with Gasteiger partial charge in [0.1, 0.15) is 12.3 Å². The molecule has 1 saturated heterocycles. The molecule has 1 fully saturated rings. The van der Waals surface area contributed by atoms with Gasteiger partial charge in [-0.15, -0.1) is 11.3 Å². The zero-order valence-electron chi connectivity index (χ0n) is 15.2. The molecule has 27 heavy (non-hydrogen) atoms. The molecule has 2 aliphatic rings. The van der Waals surface area contributed by atoms with E-state index in [0.717, 1.165) is 36.4 Å². The molecule has 0 unspecified atom stereocenters. The lowest BCUT2D eigenvalue weighted by atomic mass is 10.0. The predicted molar refractivity (Wildman–Crippen MR) is 105 cm³/mol. The number of nitrogens with zero attached hydrogens (tertiary/aromatic N) is 3. The molecule has 1 aliphatic heterocycles. The summed E-state index contributed by atoms with van der Waals surface area (Å²) in [5, 5.41) is 3.50. The van der Waals surface area contributed by atoms with E-state index in [1.54, 1.807) is 28.2 Å². The molecule has 1 aliphatic carbocycles. The van der Waals surface area contributed by atoms with Crippen molar-refractivity contribution in [3.05, 3.63) is 34.8 Å². The number of ether oxygens (including phenoxy) is 1. The van der Waals surface area contributed by atoms with E-state index in [-0.39, 0.29) is 18.5 Å². The smallest absolute Gasteiger partial charge is 0.325 e. The van der Waals surface area contributed by atoms with E-state index < -0.39 is 0 Å². The minimum atomic E-state index is -0.203. The number of hydrogen-bond acceptors (Lipinski definition) is 5. The lowest BCUT2D eigenvalue weighted by Gasteiger charge is -2.18. The molecule has 1 aromatic carbocycles. The van der Waals surface area contributed by atoms with E-state index in [0.29, 0.717) is 18.2 Å². The van der Waals surface area contributed by atoms with Crippen LogP contribution in [-0.2, 0) is 17.6 Å². The Bertz CT molecular complexity index is 826. The van der Waals surface area contributed by atoms with Crippen LogP contribution in [-0.4, -0.2) is 48.6 Å². The number of urea groups is 1. The van der Waals surface area contributed by atoms with Crippen LogP contribution in [0.4, 0.5) is 15.6 Å². The molecule has 8 heteroatoms. The molecular weight excluding hydrogens is 364 g/mol. The highest BCUT2D eigenvalue weighted by atomic mass is 32.1. The van der Waals surface area contributed by atoms with E-state index >= 15 is 0 Å². The van der Waals surface area contributed by atoms with Crippen LogP contribution in [0.25, 0.3) is 0 Å². The van der Waals surface area contributed by atoms with Crippen LogP contribution in [0.2, 0.25) is 0 Å². The maximum absolute atomic E-state index is 12.6. The first-order valence-electron chi connectivity index (χ1n) is 9.13. The number of carbonyl (C=O) groups excluding carboxylic acids is 2. The third kappa shape index (κ3) is 3.75. The van der Waals surface area contributed by atoms with Crippen LogP contribution < -0.4 is 15.0 Å². The van der Waals surface area contributed by atoms with Gasteiger partial charge in [-0.25, -0.2) is 9.78 Å². The maximum atomic E-state index is 12.6. The SMILES string of the molecule is COc1ccc(N2CCN(CC(=O)Nc3nc4c(s3)CCCC4)C2=O)cc1. The highest BCUT2D eigenvalue weighted by molar-refractivity contribution is 7.15. The monoisotopic (exact) mass is 386 g/mol. The number of hydrogen-bond donors (Lipinski definition) is 1. The van der Waals surface area contributed by atoms with Crippen LogP contribution in [0.15, 0.2) is 24.3 Å². The summed E-state index contributed by atoms with van der Waals surface area (Å²) in [6.07, 6.45) is 4.38. The van der Waals surface area contributed by atoms with E-state index in [1.807, 2.05) is 24.3 Å². The molecular formula is C19H22N4O3S. The summed E-state index contributed by atoms with van der Waals surface area (Å²) in [5.74, 6) is 0.541. The lowest BCUT2D eigenvalue weighted by molar-refractivity contribution is -0.116. The van der Waals surface area contributed by atoms with Crippen molar-refractivity contribution in [1.82, 2.24) is 9.88 Å². The maximum Gasteiger partial charge on any atom is 0.325 e. The van der Waals surface area contributed by atoms with Gasteiger partial charge in [-0.3, -0.25) is 9.69 Å². The summed E-state index contributed by atoms with van der Waals surface area (Å²) in [4.78, 5) is 34.1. The van der Waals surface area contributed by atoms with Crippen molar-refractivity contribution in [2.24, 2.45) is 0 Å². The largest absolute Gasteiger partial charge is 0.497 e. The van der Waals surface area contributed by atoms with Crippen LogP contribution >= 0.6 is 11.3 Å². The molecule has 3 amide bonds. The van der Waals surface area contributed by atoms with Crippen molar-refractivity contribution in [1.29, 1.82) is 0 Å². The molecule has 0 radical (unpaired) electrons. The fourth-order valence-electron chi connectivity index (χ4n) is 3.47. The number of nitrogens with one attached hydrogen (secondary N) is 1. The molecule has 0 atom stereocenters. The normalized spacial score (nSPS) is 16.4. The van der Waals surface area contributed by atoms with Gasteiger partial charge < -0.3 is 15.0 Å². The van der Waals surface area contributed by atoms with Gasteiger partial charge in [-0.2, -0.15) is 0 Å². The van der Waals surface area contributed by atoms with Crippen LogP contribution in [0.3, 0.4) is 0 Å². The highest BCUT2D eigenvalue weighted by Gasteiger charge is 2.31. The van der Waals surface area contributed by atoms with Gasteiger partial charge in [0.05, 0.1) is 12.8 Å². The van der Waals surface area contributed by atoms with E-state index in [9.17, 15) is 9.59 Å². The molecule has 1 N–H and O–H groups in total. The number of methoxy groups -OCH3 is 1. The zero-order valence-corrected chi connectivity index (χ0v) is 16.1. The van der Waals surface area contributed by atoms with Gasteiger partial charge in [0, 0.05) is 23.7 Å². The number of amides is 3. The molecule has 0 spiro atoms. The average Bonchev–Trinajstić information content (AvgIpc) is 3.25. The highest BCUT2D eigenvalue weighted by Crippen LogP contribution is 2.29. The number of aryl methyl sites for hydroxylation is 2. The van der Waals surface area contributed by atoms with Gasteiger partial charge in [-0.05, 0) is 49.9 Å². The zero-order chi connectivity index (χ0) is 18.8. The first kappa shape index (κ1) is 17.8. The number of anilines is 2. The van der Waals surface area contributed by atoms with Gasteiger partial charge in [0.15, 0.2) is 5.13 Å². The van der Waals surface area contributed by atoms with Crippen molar-refractivity contribution >= 4 is 34.1 Å². The Kier molecular flexibility index (Phi) is 4.98. The summed E-state index contributed by atoms with van der Waals surface area (Å²) in [6.45, 7) is 1.12. The minimum absolute atomic E-state index is 0.0374. The summed E-state index contributed by atoms with van der Waals surface area (Å²) in [6, 6.07) is 7.18. The number of aromatic nitrogens is 1. The minimum Gasteiger partial charge on any atom is -0.497 e. The molecule has 0 saturated carbocycles. The molecule has 0 bridgehead atoms. The molecule has 4 rings (SSSR count). The topological polar surface area (TPSA) is 74.8 Å². The third-order valence-corrected chi connectivity index (χ3v) is 5.98. The molecule has 142 valence electrons. The van der Waals surface area contributed by atoms with Crippen molar-refractivity contribution in [2.45, 2.75) is 25.7 Å². The van der Waals surface area contributed by atoms with Crippen molar-refractivity contribution < 1.29 is 14.3 Å². The summed E-state index contributed by atoms with van der Waals surface area (Å²) in [7, 11) is 1.61. The summed E-state index contributed by atoms with van der Waals surface area (Å²) < 4.78 is 5.15. The van der Waals surface area contributed by atoms with Gasteiger partial charge in [0.25, 0.3) is 0 Å². The standard InChI is InChI=1S/C19H22N4O3S/c1-26-14-8-6-13(7-9-14)23-11-10-22(19(23)25)12-17(24)21-18-20-15-4-2-3-5-16(15)27-18/h6-9H,2-5,10-12H2,1H3,(H,20,21,24). The Hall–Kier alpha value is -2.61. The number of benzene rings is 1. The second-order valence-corrected chi connectivity index (χ2v) is 7.78.